The van der Waals surface area contributed by atoms with Crippen LogP contribution in [0.15, 0.2) is 78.9 Å². The van der Waals surface area contributed by atoms with E-state index in [0.29, 0.717) is 35.0 Å². The average molecular weight is 511 g/mol. The number of nitrogens with one attached hydrogen (secondary N) is 1. The molecule has 1 atom stereocenters. The lowest BCUT2D eigenvalue weighted by Crippen LogP contribution is -2.50. The first kappa shape index (κ1) is 26.8. The smallest absolute Gasteiger partial charge is 0.243 e. The molecule has 0 heterocycles. The summed E-state index contributed by atoms with van der Waals surface area (Å²) in [4.78, 5) is 28.7. The first-order valence-electron chi connectivity index (χ1n) is 12.1. The number of carbonyl (C=O) groups is 2. The van der Waals surface area contributed by atoms with Crippen LogP contribution in [0.4, 0.5) is 0 Å². The van der Waals surface area contributed by atoms with Crippen molar-refractivity contribution in [1.82, 2.24) is 10.2 Å². The Hall–Kier alpha value is -2.82. The summed E-state index contributed by atoms with van der Waals surface area (Å²) in [6, 6.07) is 24.2. The molecule has 184 valence electrons. The van der Waals surface area contributed by atoms with Crippen molar-refractivity contribution in [1.29, 1.82) is 0 Å². The number of amides is 2. The highest BCUT2D eigenvalue weighted by Crippen LogP contribution is 2.27. The monoisotopic (exact) mass is 510 g/mol. The van der Waals surface area contributed by atoms with Gasteiger partial charge in [-0.3, -0.25) is 9.59 Å². The van der Waals surface area contributed by atoms with E-state index in [1.54, 1.807) is 23.1 Å². The molecule has 0 aliphatic heterocycles. The van der Waals surface area contributed by atoms with Crippen LogP contribution in [0.5, 0.6) is 0 Å². The van der Waals surface area contributed by atoms with Crippen molar-refractivity contribution in [2.24, 2.45) is 0 Å². The Kier molecular flexibility index (Phi) is 10.6. The third-order valence-corrected chi connectivity index (χ3v) is 6.67. The van der Waals surface area contributed by atoms with Gasteiger partial charge in [-0.05, 0) is 36.1 Å². The van der Waals surface area contributed by atoms with Gasteiger partial charge < -0.3 is 10.2 Å². The third-order valence-electron chi connectivity index (χ3n) is 5.96. The van der Waals surface area contributed by atoms with E-state index in [9.17, 15) is 9.59 Å². The van der Waals surface area contributed by atoms with Gasteiger partial charge in [-0.2, -0.15) is 0 Å². The van der Waals surface area contributed by atoms with Gasteiger partial charge in [-0.25, -0.2) is 0 Å². The van der Waals surface area contributed by atoms with Crippen LogP contribution in [-0.4, -0.2) is 29.3 Å². The van der Waals surface area contributed by atoms with Crippen LogP contribution in [0.2, 0.25) is 10.0 Å². The molecule has 0 fully saturated rings. The molecular weight excluding hydrogens is 479 g/mol. The maximum atomic E-state index is 13.7. The molecule has 0 aromatic heterocycles. The van der Waals surface area contributed by atoms with Crippen molar-refractivity contribution in [2.75, 3.05) is 6.54 Å². The van der Waals surface area contributed by atoms with E-state index in [-0.39, 0.29) is 24.8 Å². The quantitative estimate of drug-likeness (QED) is 0.283. The predicted octanol–water partition coefficient (Wildman–Crippen LogP) is 6.48. The van der Waals surface area contributed by atoms with Gasteiger partial charge in [0.15, 0.2) is 0 Å². The van der Waals surface area contributed by atoms with Gasteiger partial charge in [0.25, 0.3) is 0 Å². The standard InChI is InChI=1S/C29H32Cl2N2O2/c1-2-3-19-32-29(35)27(20-23-13-8-5-9-14-23)33(21-24-25(30)15-10-16-26(24)31)28(34)18-17-22-11-6-4-7-12-22/h4-16,27H,2-3,17-21H2,1H3,(H,32,35)/t27-/m0/s1. The molecule has 0 saturated heterocycles. The fourth-order valence-corrected chi connectivity index (χ4v) is 4.47. The van der Waals surface area contributed by atoms with Crippen molar-refractivity contribution >= 4 is 35.0 Å². The minimum absolute atomic E-state index is 0.114. The molecule has 0 unspecified atom stereocenters. The first-order valence-corrected chi connectivity index (χ1v) is 12.8. The highest BCUT2D eigenvalue weighted by Gasteiger charge is 2.31. The topological polar surface area (TPSA) is 49.4 Å². The molecule has 0 aliphatic carbocycles. The van der Waals surface area contributed by atoms with Crippen molar-refractivity contribution in [3.63, 3.8) is 0 Å². The van der Waals surface area contributed by atoms with Gasteiger partial charge in [0.2, 0.25) is 11.8 Å². The molecule has 0 bridgehead atoms. The van der Waals surface area contributed by atoms with Gasteiger partial charge in [0.05, 0.1) is 0 Å². The number of benzene rings is 3. The maximum Gasteiger partial charge on any atom is 0.243 e. The fraction of sp³-hybridized carbons (Fsp3) is 0.310. The number of halogens is 2. The third kappa shape index (κ3) is 8.12. The Morgan fingerprint density at radius 3 is 2.06 bits per heavy atom. The molecule has 6 heteroatoms. The van der Waals surface area contributed by atoms with E-state index in [1.165, 1.54) is 0 Å². The second-order valence-corrected chi connectivity index (χ2v) is 9.37. The van der Waals surface area contributed by atoms with Crippen LogP contribution >= 0.6 is 23.2 Å². The van der Waals surface area contributed by atoms with Crippen LogP contribution in [0.25, 0.3) is 0 Å². The molecule has 1 N–H and O–H groups in total. The van der Waals surface area contributed by atoms with Crippen molar-refractivity contribution in [2.45, 2.75) is 51.6 Å². The van der Waals surface area contributed by atoms with E-state index in [0.717, 1.165) is 24.0 Å². The zero-order valence-corrected chi connectivity index (χ0v) is 21.6. The lowest BCUT2D eigenvalue weighted by Gasteiger charge is -2.32. The Labute approximate surface area is 218 Å². The fourth-order valence-electron chi connectivity index (χ4n) is 3.95. The first-order chi connectivity index (χ1) is 17.0. The number of aryl methyl sites for hydroxylation is 1. The molecule has 3 aromatic carbocycles. The van der Waals surface area contributed by atoms with Crippen molar-refractivity contribution in [3.8, 4) is 0 Å². The lowest BCUT2D eigenvalue weighted by atomic mass is 10.0. The second-order valence-electron chi connectivity index (χ2n) is 8.56. The van der Waals surface area contributed by atoms with Gasteiger partial charge in [-0.15, -0.1) is 0 Å². The molecule has 2 amide bonds. The summed E-state index contributed by atoms with van der Waals surface area (Å²) in [6.07, 6.45) is 3.11. The predicted molar refractivity (Wildman–Crippen MR) is 144 cm³/mol. The summed E-state index contributed by atoms with van der Waals surface area (Å²) in [5.74, 6) is -0.282. The van der Waals surface area contributed by atoms with Gasteiger partial charge in [0, 0.05) is 41.5 Å². The highest BCUT2D eigenvalue weighted by molar-refractivity contribution is 6.36. The molecule has 0 spiro atoms. The lowest BCUT2D eigenvalue weighted by molar-refractivity contribution is -0.141. The van der Waals surface area contributed by atoms with Gasteiger partial charge in [0.1, 0.15) is 6.04 Å². The normalized spacial score (nSPS) is 11.6. The van der Waals surface area contributed by atoms with E-state index in [4.69, 9.17) is 23.2 Å². The number of carbonyl (C=O) groups excluding carboxylic acids is 2. The van der Waals surface area contributed by atoms with E-state index in [1.807, 2.05) is 60.7 Å². The number of unbranched alkanes of at least 4 members (excludes halogenated alkanes) is 1. The summed E-state index contributed by atoms with van der Waals surface area (Å²) < 4.78 is 0. The van der Waals surface area contributed by atoms with Crippen LogP contribution < -0.4 is 5.32 Å². The molecule has 3 aromatic rings. The van der Waals surface area contributed by atoms with Crippen LogP contribution in [0.1, 0.15) is 42.9 Å². The van der Waals surface area contributed by atoms with E-state index < -0.39 is 6.04 Å². The Morgan fingerprint density at radius 2 is 1.46 bits per heavy atom. The number of hydrogen-bond donors (Lipinski definition) is 1. The van der Waals surface area contributed by atoms with E-state index in [2.05, 4.69) is 12.2 Å². The molecule has 35 heavy (non-hydrogen) atoms. The molecule has 0 radical (unpaired) electrons. The van der Waals surface area contributed by atoms with Gasteiger partial charge >= 0.3 is 0 Å². The Morgan fingerprint density at radius 1 is 0.857 bits per heavy atom. The molecule has 3 rings (SSSR count). The largest absolute Gasteiger partial charge is 0.354 e. The summed E-state index contributed by atoms with van der Waals surface area (Å²) in [5, 5.41) is 3.98. The molecule has 0 saturated carbocycles. The second kappa shape index (κ2) is 13.9. The Bertz CT molecular complexity index is 1070. The van der Waals surface area contributed by atoms with E-state index >= 15 is 0 Å². The zero-order chi connectivity index (χ0) is 25.0. The Balaban J connectivity index is 1.93. The SMILES string of the molecule is CCCCNC(=O)[C@H](Cc1ccccc1)N(Cc1c(Cl)cccc1Cl)C(=O)CCc1ccccc1. The highest BCUT2D eigenvalue weighted by atomic mass is 35.5. The summed E-state index contributed by atoms with van der Waals surface area (Å²) in [5.41, 5.74) is 2.70. The zero-order valence-electron chi connectivity index (χ0n) is 20.1. The minimum Gasteiger partial charge on any atom is -0.354 e. The average Bonchev–Trinajstić information content (AvgIpc) is 2.87. The molecule has 4 nitrogen and oxygen atoms in total. The molecular formula is C29H32Cl2N2O2. The summed E-state index contributed by atoms with van der Waals surface area (Å²) in [7, 11) is 0. The van der Waals surface area contributed by atoms with Crippen molar-refractivity contribution < 1.29 is 9.59 Å². The van der Waals surface area contributed by atoms with Crippen LogP contribution in [0, 0.1) is 0 Å². The minimum atomic E-state index is -0.690. The van der Waals surface area contributed by atoms with Gasteiger partial charge in [-0.1, -0.05) is 103 Å². The maximum absolute atomic E-state index is 13.7. The molecule has 0 aliphatic rings. The summed E-state index contributed by atoms with van der Waals surface area (Å²) in [6.45, 7) is 2.80. The number of rotatable bonds is 12. The summed E-state index contributed by atoms with van der Waals surface area (Å²) >= 11 is 13.0. The number of nitrogens with zero attached hydrogens (tertiary/aromatic N) is 1. The van der Waals surface area contributed by atoms with Crippen molar-refractivity contribution in [3.05, 3.63) is 106 Å². The number of hydrogen-bond acceptors (Lipinski definition) is 2. The van der Waals surface area contributed by atoms with Crippen LogP contribution in [0.3, 0.4) is 0 Å². The van der Waals surface area contributed by atoms with Crippen LogP contribution in [-0.2, 0) is 29.0 Å².